The Hall–Kier alpha value is -4.46. The second-order valence-corrected chi connectivity index (χ2v) is 14.0. The third-order valence-electron chi connectivity index (χ3n) is 8.68. The maximum absolute atomic E-state index is 14.0. The van der Waals surface area contributed by atoms with E-state index in [0.29, 0.717) is 39.8 Å². The Balaban J connectivity index is 1.29. The van der Waals surface area contributed by atoms with E-state index in [9.17, 15) is 26.8 Å². The van der Waals surface area contributed by atoms with Crippen molar-refractivity contribution in [3.05, 3.63) is 106 Å². The molecule has 0 atom stereocenters. The Bertz CT molecular complexity index is 1900. The number of halogens is 2. The molecule has 3 aromatic carbocycles. The van der Waals surface area contributed by atoms with Crippen LogP contribution in [0.15, 0.2) is 71.6 Å². The molecule has 0 saturated carbocycles. The molecule has 4 aromatic rings. The van der Waals surface area contributed by atoms with E-state index in [-0.39, 0.29) is 24.7 Å². The molecule has 240 valence electrons. The number of nitrogens with one attached hydrogen (secondary N) is 2. The molecule has 0 aliphatic carbocycles. The summed E-state index contributed by atoms with van der Waals surface area (Å²) in [5.41, 5.74) is 2.16. The van der Waals surface area contributed by atoms with E-state index < -0.39 is 32.1 Å². The largest absolute Gasteiger partial charge is 0.369 e. The summed E-state index contributed by atoms with van der Waals surface area (Å²) < 4.78 is 56.2. The molecule has 0 radical (unpaired) electrons. The third-order valence-corrected chi connectivity index (χ3v) is 10.7. The lowest BCUT2D eigenvalue weighted by Gasteiger charge is -2.34. The number of Topliss-reactive ketones (excluding diaryl/α,β-unsaturated/α-hetero) is 1. The summed E-state index contributed by atoms with van der Waals surface area (Å²) in [7, 11) is -2.27. The number of likely N-dealkylation sites (N-methyl/N-ethyl adjacent to an activating group) is 1. The number of aromatic amines is 1. The molecule has 3 heterocycles. The molecule has 2 N–H and O–H groups in total. The zero-order valence-electron chi connectivity index (χ0n) is 25.7. The lowest BCUT2D eigenvalue weighted by Crippen LogP contribution is -2.44. The number of aromatic nitrogens is 2. The molecule has 1 saturated heterocycles. The van der Waals surface area contributed by atoms with Gasteiger partial charge in [-0.1, -0.05) is 18.2 Å². The Labute approximate surface area is 266 Å². The normalized spacial score (nSPS) is 16.8. The molecule has 0 spiro atoms. The summed E-state index contributed by atoms with van der Waals surface area (Å²) in [5.74, 6) is -2.68. The summed E-state index contributed by atoms with van der Waals surface area (Å²) in [6, 6.07) is 16.2. The van der Waals surface area contributed by atoms with Gasteiger partial charge in [0.05, 0.1) is 28.2 Å². The van der Waals surface area contributed by atoms with Crippen LogP contribution in [0.1, 0.15) is 51.5 Å². The van der Waals surface area contributed by atoms with E-state index in [2.05, 4.69) is 32.4 Å². The SMILES string of the molecule is CN1CCN(c2ccc(C(=O)Cc3[nH]nc4c3CN(S(=O)(=O)c3cc(F)cc(F)c3)C4(C)C)c(NC(=O)c3ccccc3)c2)CC1. The number of ketones is 1. The Morgan fingerprint density at radius 3 is 2.30 bits per heavy atom. The van der Waals surface area contributed by atoms with Crippen molar-refractivity contribution in [3.63, 3.8) is 0 Å². The number of anilines is 2. The molecule has 2 aliphatic heterocycles. The minimum atomic E-state index is -4.33. The monoisotopic (exact) mass is 648 g/mol. The molecule has 46 heavy (non-hydrogen) atoms. The number of rotatable bonds is 8. The van der Waals surface area contributed by atoms with Crippen LogP contribution in [0.25, 0.3) is 0 Å². The highest BCUT2D eigenvalue weighted by Crippen LogP contribution is 2.43. The second kappa shape index (κ2) is 12.0. The van der Waals surface area contributed by atoms with Crippen LogP contribution >= 0.6 is 0 Å². The third kappa shape index (κ3) is 5.93. The fourth-order valence-electron chi connectivity index (χ4n) is 6.05. The van der Waals surface area contributed by atoms with Crippen molar-refractivity contribution >= 4 is 33.1 Å². The smallest absolute Gasteiger partial charge is 0.255 e. The van der Waals surface area contributed by atoms with Crippen molar-refractivity contribution in [2.45, 2.75) is 37.2 Å². The van der Waals surface area contributed by atoms with Gasteiger partial charge in [-0.3, -0.25) is 14.7 Å². The number of hydrogen-bond acceptors (Lipinski definition) is 7. The fourth-order valence-corrected chi connectivity index (χ4v) is 7.82. The van der Waals surface area contributed by atoms with E-state index in [1.54, 1.807) is 44.2 Å². The van der Waals surface area contributed by atoms with Crippen LogP contribution in [0.5, 0.6) is 0 Å². The molecule has 10 nitrogen and oxygen atoms in total. The maximum atomic E-state index is 14.0. The maximum Gasteiger partial charge on any atom is 0.255 e. The van der Waals surface area contributed by atoms with E-state index >= 15 is 0 Å². The van der Waals surface area contributed by atoms with Gasteiger partial charge in [-0.05, 0) is 63.4 Å². The van der Waals surface area contributed by atoms with Gasteiger partial charge in [0.25, 0.3) is 5.91 Å². The summed E-state index contributed by atoms with van der Waals surface area (Å²) in [5, 5.41) is 10.2. The van der Waals surface area contributed by atoms with Gasteiger partial charge in [0.15, 0.2) is 5.78 Å². The molecular weight excluding hydrogens is 614 g/mol. The lowest BCUT2D eigenvalue weighted by atomic mass is 9.98. The first-order valence-electron chi connectivity index (χ1n) is 14.9. The van der Waals surface area contributed by atoms with Crippen LogP contribution in [0.2, 0.25) is 0 Å². The number of piperazine rings is 1. The Morgan fingerprint density at radius 2 is 1.63 bits per heavy atom. The van der Waals surface area contributed by atoms with E-state index in [1.165, 1.54) is 0 Å². The van der Waals surface area contributed by atoms with Gasteiger partial charge in [0.1, 0.15) is 11.6 Å². The molecule has 1 aromatic heterocycles. The summed E-state index contributed by atoms with van der Waals surface area (Å²) in [6.07, 6.45) is -0.150. The number of amides is 1. The van der Waals surface area contributed by atoms with Gasteiger partial charge >= 0.3 is 0 Å². The van der Waals surface area contributed by atoms with Gasteiger partial charge in [-0.25, -0.2) is 17.2 Å². The quantitative estimate of drug-likeness (QED) is 0.269. The van der Waals surface area contributed by atoms with Crippen molar-refractivity contribution in [2.24, 2.45) is 0 Å². The minimum Gasteiger partial charge on any atom is -0.369 e. The van der Waals surface area contributed by atoms with Crippen LogP contribution in [0.4, 0.5) is 20.2 Å². The first-order valence-corrected chi connectivity index (χ1v) is 16.3. The van der Waals surface area contributed by atoms with Gasteiger partial charge in [0.2, 0.25) is 10.0 Å². The number of benzene rings is 3. The van der Waals surface area contributed by atoms with Crippen molar-refractivity contribution in [1.29, 1.82) is 0 Å². The highest BCUT2D eigenvalue weighted by atomic mass is 32.2. The molecular formula is C33H34F2N6O4S. The number of fused-ring (bicyclic) bond motifs is 1. The van der Waals surface area contributed by atoms with Crippen molar-refractivity contribution in [1.82, 2.24) is 19.4 Å². The van der Waals surface area contributed by atoms with Crippen LogP contribution in [-0.4, -0.2) is 72.7 Å². The molecule has 13 heteroatoms. The van der Waals surface area contributed by atoms with E-state index in [4.69, 9.17) is 0 Å². The molecule has 1 fully saturated rings. The number of carbonyl (C=O) groups excluding carboxylic acids is 2. The van der Waals surface area contributed by atoms with E-state index in [0.717, 1.165) is 48.3 Å². The lowest BCUT2D eigenvalue weighted by molar-refractivity contribution is 0.0992. The van der Waals surface area contributed by atoms with Crippen molar-refractivity contribution in [3.8, 4) is 0 Å². The van der Waals surface area contributed by atoms with Crippen molar-refractivity contribution in [2.75, 3.05) is 43.4 Å². The average Bonchev–Trinajstić information content (AvgIpc) is 3.55. The average molecular weight is 649 g/mol. The van der Waals surface area contributed by atoms with Crippen LogP contribution in [0.3, 0.4) is 0 Å². The highest BCUT2D eigenvalue weighted by molar-refractivity contribution is 7.89. The minimum absolute atomic E-state index is 0.150. The number of hydrogen-bond donors (Lipinski definition) is 2. The first kappa shape index (κ1) is 31.5. The van der Waals surface area contributed by atoms with Gasteiger partial charge < -0.3 is 15.1 Å². The van der Waals surface area contributed by atoms with Gasteiger partial charge in [0, 0.05) is 66.9 Å². The molecule has 0 unspecified atom stereocenters. The summed E-state index contributed by atoms with van der Waals surface area (Å²) in [6.45, 7) is 6.51. The second-order valence-electron chi connectivity index (χ2n) is 12.1. The molecule has 0 bridgehead atoms. The Kier molecular flexibility index (Phi) is 8.25. The van der Waals surface area contributed by atoms with Crippen LogP contribution < -0.4 is 10.2 Å². The standard InChI is InChI=1S/C33H34F2N6O4S/c1-33(2)31-27(20-41(33)46(44,45)25-16-22(34)15-23(35)17-25)29(37-38-31)19-30(42)26-10-9-24(40-13-11-39(3)12-14-40)18-28(26)36-32(43)21-7-5-4-6-8-21/h4-10,15-18H,11-14,19-20H2,1-3H3,(H,36,43)(H,37,38). The van der Waals surface area contributed by atoms with Crippen LogP contribution in [-0.2, 0) is 28.5 Å². The topological polar surface area (TPSA) is 119 Å². The van der Waals surface area contributed by atoms with Gasteiger partial charge in [-0.2, -0.15) is 9.40 Å². The number of sulfonamides is 1. The zero-order valence-corrected chi connectivity index (χ0v) is 26.5. The Morgan fingerprint density at radius 1 is 0.957 bits per heavy atom. The number of H-pyrrole nitrogens is 1. The van der Waals surface area contributed by atoms with Crippen molar-refractivity contribution < 1.29 is 26.8 Å². The summed E-state index contributed by atoms with van der Waals surface area (Å²) >= 11 is 0. The zero-order chi connectivity index (χ0) is 32.8. The fraction of sp³-hybridized carbons (Fsp3) is 0.303. The number of nitrogens with zero attached hydrogens (tertiary/aromatic N) is 4. The predicted molar refractivity (Wildman–Crippen MR) is 169 cm³/mol. The summed E-state index contributed by atoms with van der Waals surface area (Å²) in [4.78, 5) is 31.0. The molecule has 1 amide bonds. The van der Waals surface area contributed by atoms with Gasteiger partial charge in [-0.15, -0.1) is 0 Å². The molecule has 6 rings (SSSR count). The first-order chi connectivity index (χ1) is 21.8. The molecule has 2 aliphatic rings. The number of carbonyl (C=O) groups is 2. The van der Waals surface area contributed by atoms with E-state index in [1.807, 2.05) is 18.2 Å². The predicted octanol–water partition coefficient (Wildman–Crippen LogP) is 4.56. The van der Waals surface area contributed by atoms with Crippen LogP contribution in [0, 0.1) is 11.6 Å². The highest BCUT2D eigenvalue weighted by Gasteiger charge is 2.48.